The van der Waals surface area contributed by atoms with Crippen LogP contribution in [0, 0.1) is 0 Å². The summed E-state index contributed by atoms with van der Waals surface area (Å²) >= 11 is 0. The molecule has 1 aliphatic rings. The summed E-state index contributed by atoms with van der Waals surface area (Å²) in [4.78, 5) is 13.9. The Bertz CT molecular complexity index is 945. The van der Waals surface area contributed by atoms with E-state index in [1.54, 1.807) is 45.0 Å². The molecular weight excluding hydrogens is 404 g/mol. The summed E-state index contributed by atoms with van der Waals surface area (Å²) in [6.45, 7) is 6.89. The maximum Gasteiger partial charge on any atom is 0.410 e. The van der Waals surface area contributed by atoms with Crippen molar-refractivity contribution in [2.75, 3.05) is 26.2 Å². The summed E-state index contributed by atoms with van der Waals surface area (Å²) in [6, 6.07) is 16.2. The number of carbonyl (C=O) groups excluding carboxylic acids is 1. The van der Waals surface area contributed by atoms with E-state index in [2.05, 4.69) is 0 Å². The van der Waals surface area contributed by atoms with E-state index in [4.69, 9.17) is 9.47 Å². The maximum absolute atomic E-state index is 12.9. The SMILES string of the molecule is CC(C)(C)OC(=O)N1CCN(S(=O)(=O)c2ccc(OCc3ccccc3)cc2)CC1. The van der Waals surface area contributed by atoms with Gasteiger partial charge in [-0.15, -0.1) is 0 Å². The van der Waals surface area contributed by atoms with Crippen molar-refractivity contribution in [1.29, 1.82) is 0 Å². The molecule has 0 atom stereocenters. The Morgan fingerprint density at radius 1 is 0.933 bits per heavy atom. The maximum atomic E-state index is 12.9. The van der Waals surface area contributed by atoms with Crippen LogP contribution in [-0.2, 0) is 21.4 Å². The molecule has 0 radical (unpaired) electrons. The molecule has 0 unspecified atom stereocenters. The molecule has 0 spiro atoms. The fourth-order valence-electron chi connectivity index (χ4n) is 3.04. The van der Waals surface area contributed by atoms with Crippen LogP contribution in [0.5, 0.6) is 5.75 Å². The highest BCUT2D eigenvalue weighted by Gasteiger charge is 2.31. The minimum Gasteiger partial charge on any atom is -0.489 e. The molecule has 1 aliphatic heterocycles. The molecular formula is C22H28N2O5S. The van der Waals surface area contributed by atoms with Crippen LogP contribution in [-0.4, -0.2) is 55.5 Å². The molecule has 0 saturated carbocycles. The zero-order chi connectivity index (χ0) is 21.8. The normalized spacial score (nSPS) is 15.6. The molecule has 0 aliphatic carbocycles. The molecule has 30 heavy (non-hydrogen) atoms. The van der Waals surface area contributed by atoms with E-state index in [1.807, 2.05) is 30.3 Å². The number of ether oxygens (including phenoxy) is 2. The van der Waals surface area contributed by atoms with E-state index in [1.165, 1.54) is 9.21 Å². The molecule has 162 valence electrons. The fourth-order valence-corrected chi connectivity index (χ4v) is 4.46. The molecule has 1 fully saturated rings. The van der Waals surface area contributed by atoms with E-state index >= 15 is 0 Å². The first-order valence-corrected chi connectivity index (χ1v) is 11.3. The van der Waals surface area contributed by atoms with Crippen molar-refractivity contribution in [3.05, 3.63) is 60.2 Å². The summed E-state index contributed by atoms with van der Waals surface area (Å²) in [7, 11) is -3.63. The van der Waals surface area contributed by atoms with Gasteiger partial charge in [0.25, 0.3) is 0 Å². The average Bonchev–Trinajstić information content (AvgIpc) is 2.72. The van der Waals surface area contributed by atoms with Gasteiger partial charge in [0.2, 0.25) is 10.0 Å². The third-order valence-corrected chi connectivity index (χ3v) is 6.51. The van der Waals surface area contributed by atoms with Crippen molar-refractivity contribution in [2.45, 2.75) is 37.9 Å². The van der Waals surface area contributed by atoms with Crippen LogP contribution >= 0.6 is 0 Å². The van der Waals surface area contributed by atoms with Gasteiger partial charge in [0.15, 0.2) is 0 Å². The molecule has 2 aromatic carbocycles. The van der Waals surface area contributed by atoms with Crippen molar-refractivity contribution in [3.63, 3.8) is 0 Å². The van der Waals surface area contributed by atoms with Crippen LogP contribution in [0.3, 0.4) is 0 Å². The predicted octanol–water partition coefficient (Wildman–Crippen LogP) is 3.51. The monoisotopic (exact) mass is 432 g/mol. The lowest BCUT2D eigenvalue weighted by Crippen LogP contribution is -2.51. The van der Waals surface area contributed by atoms with Crippen molar-refractivity contribution < 1.29 is 22.7 Å². The highest BCUT2D eigenvalue weighted by atomic mass is 32.2. The third kappa shape index (κ3) is 5.73. The van der Waals surface area contributed by atoms with Gasteiger partial charge in [-0.1, -0.05) is 30.3 Å². The number of carbonyl (C=O) groups is 1. The van der Waals surface area contributed by atoms with E-state index < -0.39 is 21.7 Å². The van der Waals surface area contributed by atoms with Gasteiger partial charge in [-0.25, -0.2) is 13.2 Å². The van der Waals surface area contributed by atoms with Gasteiger partial charge in [-0.05, 0) is 50.6 Å². The Balaban J connectivity index is 1.57. The lowest BCUT2D eigenvalue weighted by atomic mass is 10.2. The number of nitrogens with zero attached hydrogens (tertiary/aromatic N) is 2. The van der Waals surface area contributed by atoms with Crippen molar-refractivity contribution >= 4 is 16.1 Å². The van der Waals surface area contributed by atoms with Gasteiger partial charge < -0.3 is 14.4 Å². The highest BCUT2D eigenvalue weighted by molar-refractivity contribution is 7.89. The van der Waals surface area contributed by atoms with Gasteiger partial charge in [0.1, 0.15) is 18.0 Å². The Morgan fingerprint density at radius 3 is 2.10 bits per heavy atom. The standard InChI is InChI=1S/C22H28N2O5S/c1-22(2,3)29-21(25)23-13-15-24(16-14-23)30(26,27)20-11-9-19(10-12-20)28-17-18-7-5-4-6-8-18/h4-12H,13-17H2,1-3H3. The lowest BCUT2D eigenvalue weighted by molar-refractivity contribution is 0.0192. The van der Waals surface area contributed by atoms with Crippen molar-refractivity contribution in [2.24, 2.45) is 0 Å². The van der Waals surface area contributed by atoms with Gasteiger partial charge in [0, 0.05) is 26.2 Å². The van der Waals surface area contributed by atoms with Crippen LogP contribution in [0.25, 0.3) is 0 Å². The van der Waals surface area contributed by atoms with Crippen LogP contribution < -0.4 is 4.74 Å². The first-order valence-electron chi connectivity index (χ1n) is 9.90. The van der Waals surface area contributed by atoms with Crippen LogP contribution in [0.1, 0.15) is 26.3 Å². The van der Waals surface area contributed by atoms with E-state index in [0.29, 0.717) is 25.4 Å². The minimum atomic E-state index is -3.63. The number of amides is 1. The Labute approximate surface area is 178 Å². The number of piperazine rings is 1. The summed E-state index contributed by atoms with van der Waals surface area (Å²) in [5.41, 5.74) is 0.460. The van der Waals surface area contributed by atoms with E-state index in [-0.39, 0.29) is 18.0 Å². The zero-order valence-corrected chi connectivity index (χ0v) is 18.4. The van der Waals surface area contributed by atoms with E-state index in [0.717, 1.165) is 5.56 Å². The van der Waals surface area contributed by atoms with Crippen LogP contribution in [0.4, 0.5) is 4.79 Å². The molecule has 3 rings (SSSR count). The number of hydrogen-bond acceptors (Lipinski definition) is 5. The fraction of sp³-hybridized carbons (Fsp3) is 0.409. The Kier molecular flexibility index (Phi) is 6.67. The highest BCUT2D eigenvalue weighted by Crippen LogP contribution is 2.22. The first kappa shape index (κ1) is 22.1. The first-order chi connectivity index (χ1) is 14.1. The lowest BCUT2D eigenvalue weighted by Gasteiger charge is -2.34. The Hall–Kier alpha value is -2.58. The van der Waals surface area contributed by atoms with Gasteiger partial charge >= 0.3 is 6.09 Å². The number of benzene rings is 2. The average molecular weight is 433 g/mol. The smallest absolute Gasteiger partial charge is 0.410 e. The van der Waals surface area contributed by atoms with Gasteiger partial charge in [-0.2, -0.15) is 4.31 Å². The predicted molar refractivity (Wildman–Crippen MR) is 114 cm³/mol. The van der Waals surface area contributed by atoms with Crippen LogP contribution in [0.15, 0.2) is 59.5 Å². The number of rotatable bonds is 5. The molecule has 0 aromatic heterocycles. The summed E-state index contributed by atoms with van der Waals surface area (Å²) in [5, 5.41) is 0. The van der Waals surface area contributed by atoms with E-state index in [9.17, 15) is 13.2 Å². The third-order valence-electron chi connectivity index (χ3n) is 4.60. The summed E-state index contributed by atoms with van der Waals surface area (Å²) in [5.74, 6) is 0.604. The molecule has 1 amide bonds. The van der Waals surface area contributed by atoms with Gasteiger partial charge in [-0.3, -0.25) is 0 Å². The second kappa shape index (κ2) is 9.06. The van der Waals surface area contributed by atoms with Gasteiger partial charge in [0.05, 0.1) is 4.90 Å². The molecule has 0 N–H and O–H groups in total. The number of hydrogen-bond donors (Lipinski definition) is 0. The minimum absolute atomic E-state index is 0.209. The second-order valence-corrected chi connectivity index (χ2v) is 10.1. The molecule has 1 saturated heterocycles. The molecule has 8 heteroatoms. The van der Waals surface area contributed by atoms with Crippen molar-refractivity contribution in [3.8, 4) is 5.75 Å². The topological polar surface area (TPSA) is 76.2 Å². The summed E-state index contributed by atoms with van der Waals surface area (Å²) in [6.07, 6.45) is -0.417. The Morgan fingerprint density at radius 2 is 1.53 bits per heavy atom. The largest absolute Gasteiger partial charge is 0.489 e. The second-order valence-electron chi connectivity index (χ2n) is 8.12. The van der Waals surface area contributed by atoms with Crippen molar-refractivity contribution in [1.82, 2.24) is 9.21 Å². The number of sulfonamides is 1. The zero-order valence-electron chi connectivity index (χ0n) is 17.6. The molecule has 7 nitrogen and oxygen atoms in total. The molecule has 2 aromatic rings. The molecule has 0 bridgehead atoms. The summed E-state index contributed by atoms with van der Waals surface area (Å²) < 4.78 is 38.3. The quantitative estimate of drug-likeness (QED) is 0.723. The molecule has 1 heterocycles. The van der Waals surface area contributed by atoms with Crippen LogP contribution in [0.2, 0.25) is 0 Å².